The third-order valence-electron chi connectivity index (χ3n) is 2.52. The number of halogens is 2. The van der Waals surface area contributed by atoms with Gasteiger partial charge in [0.05, 0.1) is 5.69 Å². The van der Waals surface area contributed by atoms with Crippen LogP contribution in [0.3, 0.4) is 0 Å². The summed E-state index contributed by atoms with van der Waals surface area (Å²) in [6.07, 6.45) is 3.72. The van der Waals surface area contributed by atoms with Gasteiger partial charge in [0.2, 0.25) is 0 Å². The molecule has 2 rings (SSSR count). The molecule has 0 radical (unpaired) electrons. The summed E-state index contributed by atoms with van der Waals surface area (Å²) in [6.45, 7) is 0. The summed E-state index contributed by atoms with van der Waals surface area (Å²) < 4.78 is 28.7. The summed E-state index contributed by atoms with van der Waals surface area (Å²) in [6, 6.07) is 5.58. The third kappa shape index (κ3) is 2.58. The molecule has 0 aliphatic rings. The summed E-state index contributed by atoms with van der Waals surface area (Å²) >= 11 is 0. The van der Waals surface area contributed by atoms with Crippen LogP contribution in [0.25, 0.3) is 0 Å². The van der Waals surface area contributed by atoms with Crippen LogP contribution < -0.4 is 10.3 Å². The summed E-state index contributed by atoms with van der Waals surface area (Å²) in [5, 5.41) is 0. The van der Waals surface area contributed by atoms with Crippen molar-refractivity contribution in [1.29, 1.82) is 0 Å². The fourth-order valence-corrected chi connectivity index (χ4v) is 1.82. The lowest BCUT2D eigenvalue weighted by Gasteiger charge is -2.04. The van der Waals surface area contributed by atoms with E-state index in [0.717, 1.165) is 5.56 Å². The Labute approximate surface area is 98.3 Å². The van der Waals surface area contributed by atoms with Gasteiger partial charge >= 0.3 is 0 Å². The van der Waals surface area contributed by atoms with E-state index in [0.29, 0.717) is 5.69 Å². The van der Waals surface area contributed by atoms with Gasteiger partial charge in [0.1, 0.15) is 18.7 Å². The van der Waals surface area contributed by atoms with Gasteiger partial charge in [-0.3, -0.25) is 0 Å². The highest BCUT2D eigenvalue weighted by Crippen LogP contribution is 2.17. The number of hydrogen-bond donors (Lipinski definition) is 1. The first-order chi connectivity index (χ1) is 8.06. The van der Waals surface area contributed by atoms with Gasteiger partial charge in [-0.15, -0.1) is 0 Å². The van der Waals surface area contributed by atoms with E-state index in [1.807, 2.05) is 7.05 Å². The van der Waals surface area contributed by atoms with Crippen LogP contribution in [0.15, 0.2) is 36.7 Å². The maximum atomic E-state index is 13.5. The average Bonchev–Trinajstić information content (AvgIpc) is 2.22. The lowest BCUT2D eigenvalue weighted by Crippen LogP contribution is -2.28. The molecular weight excluding hydrogens is 222 g/mol. The molecule has 2 nitrogen and oxygen atoms in total. The van der Waals surface area contributed by atoms with Crippen molar-refractivity contribution in [2.45, 2.75) is 6.42 Å². The van der Waals surface area contributed by atoms with Gasteiger partial charge in [0, 0.05) is 17.5 Å². The van der Waals surface area contributed by atoms with Crippen molar-refractivity contribution in [3.63, 3.8) is 0 Å². The lowest BCUT2D eigenvalue weighted by molar-refractivity contribution is -0.671. The van der Waals surface area contributed by atoms with E-state index in [2.05, 4.69) is 0 Å². The van der Waals surface area contributed by atoms with Crippen molar-refractivity contribution < 1.29 is 13.3 Å². The first kappa shape index (κ1) is 11.5. The number of hydrogen-bond acceptors (Lipinski definition) is 1. The van der Waals surface area contributed by atoms with Crippen molar-refractivity contribution >= 4 is 5.69 Å². The Kier molecular flexibility index (Phi) is 3.04. The minimum absolute atomic E-state index is 0.0677. The van der Waals surface area contributed by atoms with Gasteiger partial charge in [0.15, 0.2) is 12.4 Å². The summed E-state index contributed by atoms with van der Waals surface area (Å²) in [5.74, 6) is -1.06. The van der Waals surface area contributed by atoms with Crippen LogP contribution in [0.1, 0.15) is 11.1 Å². The van der Waals surface area contributed by atoms with E-state index >= 15 is 0 Å². The Hall–Kier alpha value is -1.97. The van der Waals surface area contributed by atoms with E-state index in [4.69, 9.17) is 5.73 Å². The standard InChI is InChI=1S/C13H13F2N2/c1-17-7-9(5-10(16)8-17)6-11-12(14)3-2-4-13(11)15/h2-5,7-8H,6,16H2,1H3/q+1. The largest absolute Gasteiger partial charge is 0.394 e. The van der Waals surface area contributed by atoms with Crippen LogP contribution in [0, 0.1) is 11.6 Å². The number of nitrogens with two attached hydrogens (primary N) is 1. The topological polar surface area (TPSA) is 29.9 Å². The van der Waals surface area contributed by atoms with Crippen molar-refractivity contribution in [3.05, 3.63) is 59.4 Å². The number of aromatic nitrogens is 1. The second-order valence-corrected chi connectivity index (χ2v) is 4.02. The van der Waals surface area contributed by atoms with Crippen LogP contribution in [0.4, 0.5) is 14.5 Å². The van der Waals surface area contributed by atoms with E-state index in [1.165, 1.54) is 18.2 Å². The Balaban J connectivity index is 2.38. The number of nitrogen functional groups attached to an aromatic ring is 1. The molecule has 4 heteroatoms. The fraction of sp³-hybridized carbons (Fsp3) is 0.154. The van der Waals surface area contributed by atoms with Crippen LogP contribution >= 0.6 is 0 Å². The van der Waals surface area contributed by atoms with Crippen LogP contribution in [0.2, 0.25) is 0 Å². The molecule has 0 saturated carbocycles. The highest BCUT2D eigenvalue weighted by atomic mass is 19.1. The average molecular weight is 235 g/mol. The smallest absolute Gasteiger partial charge is 0.191 e. The lowest BCUT2D eigenvalue weighted by atomic mass is 10.1. The van der Waals surface area contributed by atoms with Gasteiger partial charge in [-0.2, -0.15) is 0 Å². The van der Waals surface area contributed by atoms with E-state index in [9.17, 15) is 8.78 Å². The zero-order valence-corrected chi connectivity index (χ0v) is 9.45. The van der Waals surface area contributed by atoms with Crippen molar-refractivity contribution in [2.75, 3.05) is 5.73 Å². The maximum Gasteiger partial charge on any atom is 0.191 e. The van der Waals surface area contributed by atoms with E-state index in [-0.39, 0.29) is 12.0 Å². The molecule has 0 amide bonds. The predicted molar refractivity (Wildman–Crippen MR) is 61.2 cm³/mol. The Bertz CT molecular complexity index is 513. The highest BCUT2D eigenvalue weighted by Gasteiger charge is 2.11. The quantitative estimate of drug-likeness (QED) is 0.792. The van der Waals surface area contributed by atoms with Crippen molar-refractivity contribution in [3.8, 4) is 0 Å². The second-order valence-electron chi connectivity index (χ2n) is 4.02. The van der Waals surface area contributed by atoms with E-state index < -0.39 is 11.6 Å². The summed E-state index contributed by atoms with van der Waals surface area (Å²) in [4.78, 5) is 0. The first-order valence-corrected chi connectivity index (χ1v) is 5.24. The minimum atomic E-state index is -0.532. The van der Waals surface area contributed by atoms with Gasteiger partial charge in [-0.1, -0.05) is 6.07 Å². The molecular formula is C13H13F2N2+. The normalized spacial score (nSPS) is 10.5. The molecule has 88 valence electrons. The molecule has 1 aromatic heterocycles. The Morgan fingerprint density at radius 3 is 2.41 bits per heavy atom. The molecule has 0 aliphatic carbocycles. The van der Waals surface area contributed by atoms with Crippen molar-refractivity contribution in [1.82, 2.24) is 0 Å². The van der Waals surface area contributed by atoms with Gasteiger partial charge in [-0.05, 0) is 18.2 Å². The third-order valence-corrected chi connectivity index (χ3v) is 2.52. The summed E-state index contributed by atoms with van der Waals surface area (Å²) in [5.41, 5.74) is 7.09. The molecule has 0 unspecified atom stereocenters. The predicted octanol–water partition coefficient (Wildman–Crippen LogP) is 1.96. The minimum Gasteiger partial charge on any atom is -0.394 e. The van der Waals surface area contributed by atoms with Crippen LogP contribution in [-0.4, -0.2) is 0 Å². The molecule has 0 saturated heterocycles. The van der Waals surface area contributed by atoms with Crippen LogP contribution in [0.5, 0.6) is 0 Å². The number of benzene rings is 1. The molecule has 0 bridgehead atoms. The Morgan fingerprint density at radius 1 is 1.18 bits per heavy atom. The Morgan fingerprint density at radius 2 is 1.82 bits per heavy atom. The highest BCUT2D eigenvalue weighted by molar-refractivity contribution is 5.37. The maximum absolute atomic E-state index is 13.5. The zero-order valence-electron chi connectivity index (χ0n) is 9.45. The molecule has 0 aliphatic heterocycles. The monoisotopic (exact) mass is 235 g/mol. The van der Waals surface area contributed by atoms with Gasteiger partial charge in [0.25, 0.3) is 0 Å². The fourth-order valence-electron chi connectivity index (χ4n) is 1.82. The summed E-state index contributed by atoms with van der Waals surface area (Å²) in [7, 11) is 1.82. The van der Waals surface area contributed by atoms with Gasteiger partial charge < -0.3 is 5.73 Å². The van der Waals surface area contributed by atoms with Gasteiger partial charge in [-0.25, -0.2) is 13.3 Å². The molecule has 2 aromatic rings. The number of aryl methyl sites for hydroxylation is 1. The first-order valence-electron chi connectivity index (χ1n) is 5.24. The molecule has 1 heterocycles. The molecule has 17 heavy (non-hydrogen) atoms. The molecule has 0 atom stereocenters. The molecule has 0 fully saturated rings. The molecule has 0 spiro atoms. The number of pyridine rings is 1. The zero-order chi connectivity index (χ0) is 12.4. The number of rotatable bonds is 2. The van der Waals surface area contributed by atoms with E-state index in [1.54, 1.807) is 23.0 Å². The number of nitrogens with zero attached hydrogens (tertiary/aromatic N) is 1. The van der Waals surface area contributed by atoms with Crippen molar-refractivity contribution in [2.24, 2.45) is 7.05 Å². The molecule has 2 N–H and O–H groups in total. The van der Waals surface area contributed by atoms with Crippen LogP contribution in [-0.2, 0) is 13.5 Å². The second kappa shape index (κ2) is 4.49. The SMILES string of the molecule is C[n+]1cc(N)cc(Cc2c(F)cccc2F)c1. The number of anilines is 1. The molecule has 1 aromatic carbocycles.